The predicted molar refractivity (Wildman–Crippen MR) is 58.6 cm³/mol. The molecule has 0 spiro atoms. The van der Waals surface area contributed by atoms with Crippen LogP contribution in [0.1, 0.15) is 34.1 Å². The summed E-state index contributed by atoms with van der Waals surface area (Å²) >= 11 is 0. The number of rotatable bonds is 3. The van der Waals surface area contributed by atoms with Crippen molar-refractivity contribution < 1.29 is 8.42 Å². The molecule has 84 valence electrons. The van der Waals surface area contributed by atoms with Gasteiger partial charge in [0.2, 0.25) is 10.0 Å². The zero-order chi connectivity index (χ0) is 10.9. The molecule has 0 bridgehead atoms. The van der Waals surface area contributed by atoms with E-state index in [1.165, 1.54) is 0 Å². The second-order valence-corrected chi connectivity index (χ2v) is 7.23. The molecule has 0 saturated carbocycles. The van der Waals surface area contributed by atoms with E-state index in [0.29, 0.717) is 18.4 Å². The summed E-state index contributed by atoms with van der Waals surface area (Å²) in [6.45, 7) is 9.25. The topological polar surface area (TPSA) is 37.4 Å². The summed E-state index contributed by atoms with van der Waals surface area (Å²) in [6.07, 6.45) is 1.02. The van der Waals surface area contributed by atoms with Crippen molar-refractivity contribution in [2.45, 2.75) is 39.4 Å². The van der Waals surface area contributed by atoms with E-state index >= 15 is 0 Å². The van der Waals surface area contributed by atoms with Gasteiger partial charge in [0, 0.05) is 13.1 Å². The molecule has 1 heterocycles. The van der Waals surface area contributed by atoms with Gasteiger partial charge in [-0.2, -0.15) is 0 Å². The van der Waals surface area contributed by atoms with Crippen molar-refractivity contribution in [2.24, 2.45) is 11.8 Å². The summed E-state index contributed by atoms with van der Waals surface area (Å²) in [5.74, 6) is 1.13. The normalized spacial score (nSPS) is 25.1. The lowest BCUT2D eigenvalue weighted by Crippen LogP contribution is -2.34. The van der Waals surface area contributed by atoms with Crippen LogP contribution in [0.3, 0.4) is 0 Å². The molecular formula is C10H21NO2S. The van der Waals surface area contributed by atoms with Gasteiger partial charge in [0.15, 0.2) is 0 Å². The minimum atomic E-state index is -3.01. The Labute approximate surface area is 87.5 Å². The molecule has 14 heavy (non-hydrogen) atoms. The molecule has 3 nitrogen and oxygen atoms in total. The first-order chi connectivity index (χ1) is 6.35. The highest BCUT2D eigenvalue weighted by molar-refractivity contribution is 7.89. The van der Waals surface area contributed by atoms with Crippen LogP contribution in [0, 0.1) is 11.8 Å². The molecule has 1 rings (SSSR count). The second kappa shape index (κ2) is 4.19. The first-order valence-electron chi connectivity index (χ1n) is 5.34. The van der Waals surface area contributed by atoms with E-state index in [0.717, 1.165) is 13.0 Å². The van der Waals surface area contributed by atoms with Crippen molar-refractivity contribution in [3.8, 4) is 0 Å². The van der Waals surface area contributed by atoms with Gasteiger partial charge in [-0.1, -0.05) is 13.8 Å². The van der Waals surface area contributed by atoms with Crippen molar-refractivity contribution in [3.63, 3.8) is 0 Å². The van der Waals surface area contributed by atoms with Gasteiger partial charge < -0.3 is 0 Å². The Hall–Kier alpha value is -0.0900. The van der Waals surface area contributed by atoms with E-state index in [-0.39, 0.29) is 5.25 Å². The number of hydrogen-bond acceptors (Lipinski definition) is 2. The van der Waals surface area contributed by atoms with Crippen LogP contribution in [0.15, 0.2) is 0 Å². The molecule has 0 amide bonds. The summed E-state index contributed by atoms with van der Waals surface area (Å²) in [5.41, 5.74) is 0. The van der Waals surface area contributed by atoms with Gasteiger partial charge in [-0.25, -0.2) is 12.7 Å². The third-order valence-electron chi connectivity index (χ3n) is 3.09. The summed E-state index contributed by atoms with van der Waals surface area (Å²) < 4.78 is 25.3. The highest BCUT2D eigenvalue weighted by atomic mass is 32.2. The first-order valence-corrected chi connectivity index (χ1v) is 6.85. The maximum Gasteiger partial charge on any atom is 0.216 e. The lowest BCUT2D eigenvalue weighted by atomic mass is 9.96. The zero-order valence-electron chi connectivity index (χ0n) is 9.53. The van der Waals surface area contributed by atoms with Gasteiger partial charge in [0.05, 0.1) is 5.25 Å². The number of sulfonamides is 1. The Kier molecular flexibility index (Phi) is 3.58. The van der Waals surface area contributed by atoms with Gasteiger partial charge in [0.1, 0.15) is 0 Å². The molecule has 0 N–H and O–H groups in total. The van der Waals surface area contributed by atoms with Crippen LogP contribution in [-0.4, -0.2) is 31.1 Å². The molecule has 1 atom stereocenters. The van der Waals surface area contributed by atoms with Crippen molar-refractivity contribution in [1.82, 2.24) is 4.31 Å². The average Bonchev–Trinajstić information content (AvgIpc) is 2.51. The van der Waals surface area contributed by atoms with Crippen LogP contribution in [0.2, 0.25) is 0 Å². The van der Waals surface area contributed by atoms with E-state index in [1.807, 2.05) is 0 Å². The lowest BCUT2D eigenvalue weighted by Gasteiger charge is -2.20. The number of hydrogen-bond donors (Lipinski definition) is 0. The Bertz CT molecular complexity index is 282. The van der Waals surface area contributed by atoms with Crippen LogP contribution in [-0.2, 0) is 10.0 Å². The molecule has 0 aromatic rings. The highest BCUT2D eigenvalue weighted by Crippen LogP contribution is 2.26. The minimum Gasteiger partial charge on any atom is -0.212 e. The Balaban J connectivity index is 2.67. The van der Waals surface area contributed by atoms with Gasteiger partial charge in [-0.15, -0.1) is 0 Å². The van der Waals surface area contributed by atoms with Crippen LogP contribution < -0.4 is 0 Å². The van der Waals surface area contributed by atoms with E-state index in [9.17, 15) is 8.42 Å². The summed E-state index contributed by atoms with van der Waals surface area (Å²) in [5, 5.41) is -0.284. The van der Waals surface area contributed by atoms with E-state index in [1.54, 1.807) is 18.2 Å². The molecule has 1 saturated heterocycles. The predicted octanol–water partition coefficient (Wildman–Crippen LogP) is 1.70. The third kappa shape index (κ3) is 2.28. The highest BCUT2D eigenvalue weighted by Gasteiger charge is 2.33. The molecule has 1 aliphatic heterocycles. The van der Waals surface area contributed by atoms with Gasteiger partial charge in [-0.05, 0) is 32.1 Å². The minimum absolute atomic E-state index is 0.284. The van der Waals surface area contributed by atoms with E-state index in [4.69, 9.17) is 0 Å². The van der Waals surface area contributed by atoms with Gasteiger partial charge in [0.25, 0.3) is 0 Å². The van der Waals surface area contributed by atoms with Gasteiger partial charge >= 0.3 is 0 Å². The van der Waals surface area contributed by atoms with E-state index in [2.05, 4.69) is 13.8 Å². The molecule has 0 aromatic carbocycles. The largest absolute Gasteiger partial charge is 0.216 e. The van der Waals surface area contributed by atoms with Gasteiger partial charge in [-0.3, -0.25) is 0 Å². The maximum atomic E-state index is 11.8. The molecule has 0 unspecified atom stereocenters. The van der Waals surface area contributed by atoms with Crippen molar-refractivity contribution in [3.05, 3.63) is 0 Å². The monoisotopic (exact) mass is 219 g/mol. The standard InChI is InChI=1S/C10H21NO2S/c1-8(2)10-5-6-11(7-10)14(12,13)9(3)4/h8-10H,5-7H2,1-4H3/t10-/m0/s1. The second-order valence-electron chi connectivity index (χ2n) is 4.74. The summed E-state index contributed by atoms with van der Waals surface area (Å²) in [7, 11) is -3.01. The fraction of sp³-hybridized carbons (Fsp3) is 1.00. The molecule has 1 aliphatic rings. The Morgan fingerprint density at radius 3 is 2.14 bits per heavy atom. The molecule has 0 aliphatic carbocycles. The average molecular weight is 219 g/mol. The quantitative estimate of drug-likeness (QED) is 0.724. The number of nitrogens with zero attached hydrogens (tertiary/aromatic N) is 1. The SMILES string of the molecule is CC(C)[C@H]1CCN(S(=O)(=O)C(C)C)C1. The molecule has 1 fully saturated rings. The molecule has 0 radical (unpaired) electrons. The Morgan fingerprint density at radius 1 is 1.21 bits per heavy atom. The molecular weight excluding hydrogens is 198 g/mol. The zero-order valence-corrected chi connectivity index (χ0v) is 10.3. The summed E-state index contributed by atoms with van der Waals surface area (Å²) in [4.78, 5) is 0. The van der Waals surface area contributed by atoms with Crippen LogP contribution in [0.25, 0.3) is 0 Å². The fourth-order valence-corrected chi connectivity index (χ4v) is 3.18. The third-order valence-corrected chi connectivity index (χ3v) is 5.33. The smallest absolute Gasteiger partial charge is 0.212 e. The van der Waals surface area contributed by atoms with E-state index < -0.39 is 10.0 Å². The molecule has 0 aromatic heterocycles. The van der Waals surface area contributed by atoms with Crippen LogP contribution >= 0.6 is 0 Å². The van der Waals surface area contributed by atoms with Crippen molar-refractivity contribution >= 4 is 10.0 Å². The van der Waals surface area contributed by atoms with Crippen molar-refractivity contribution in [2.75, 3.05) is 13.1 Å². The fourth-order valence-electron chi connectivity index (χ4n) is 1.83. The Morgan fingerprint density at radius 2 is 1.79 bits per heavy atom. The van der Waals surface area contributed by atoms with Crippen molar-refractivity contribution in [1.29, 1.82) is 0 Å². The summed E-state index contributed by atoms with van der Waals surface area (Å²) in [6, 6.07) is 0. The molecule has 4 heteroatoms. The lowest BCUT2D eigenvalue weighted by molar-refractivity contribution is 0.387. The first kappa shape index (κ1) is 12.0. The van der Waals surface area contributed by atoms with Crippen LogP contribution in [0.5, 0.6) is 0 Å². The maximum absolute atomic E-state index is 11.8. The van der Waals surface area contributed by atoms with Crippen LogP contribution in [0.4, 0.5) is 0 Å².